The highest BCUT2D eigenvalue weighted by atomic mass is 16.2. The third-order valence-electron chi connectivity index (χ3n) is 5.74. The number of anilines is 1. The molecule has 4 rings (SSSR count). The summed E-state index contributed by atoms with van der Waals surface area (Å²) in [5.74, 6) is -2.13. The lowest BCUT2D eigenvalue weighted by Crippen LogP contribution is -2.44. The fraction of sp³-hybridized carbons (Fsp3) is 0.364. The highest BCUT2D eigenvalue weighted by Crippen LogP contribution is 2.29. The zero-order valence-corrected chi connectivity index (χ0v) is 16.3. The zero-order chi connectivity index (χ0) is 20.5. The molecular weight excluding hydrogens is 370 g/mol. The first kappa shape index (κ1) is 19.1. The van der Waals surface area contributed by atoms with Crippen molar-refractivity contribution in [2.75, 3.05) is 18.0 Å². The molecule has 0 N–H and O–H groups in total. The number of nitrogens with zero attached hydrogens (tertiary/aromatic N) is 3. The van der Waals surface area contributed by atoms with Gasteiger partial charge in [0.25, 0.3) is 0 Å². The number of urea groups is 1. The van der Waals surface area contributed by atoms with E-state index in [0.717, 1.165) is 33.4 Å². The van der Waals surface area contributed by atoms with Crippen LogP contribution in [-0.2, 0) is 14.4 Å². The van der Waals surface area contributed by atoms with Crippen molar-refractivity contribution in [2.45, 2.75) is 38.6 Å². The first-order valence-corrected chi connectivity index (χ1v) is 10.00. The molecule has 1 heterocycles. The Bertz CT molecular complexity index is 991. The van der Waals surface area contributed by atoms with Crippen molar-refractivity contribution < 1.29 is 19.2 Å². The van der Waals surface area contributed by atoms with Crippen LogP contribution in [0.15, 0.2) is 42.5 Å². The van der Waals surface area contributed by atoms with Gasteiger partial charge in [-0.2, -0.15) is 0 Å². The minimum atomic E-state index is -0.913. The molecule has 7 heteroatoms. The number of carbonyl (C=O) groups excluding carboxylic acids is 4. The molecule has 1 saturated heterocycles. The summed E-state index contributed by atoms with van der Waals surface area (Å²) >= 11 is 0. The Labute approximate surface area is 168 Å². The van der Waals surface area contributed by atoms with Crippen molar-refractivity contribution >= 4 is 40.2 Å². The third-order valence-corrected chi connectivity index (χ3v) is 5.74. The first-order valence-electron chi connectivity index (χ1n) is 10.00. The summed E-state index contributed by atoms with van der Waals surface area (Å²) in [5, 5.41) is 1.90. The van der Waals surface area contributed by atoms with Crippen molar-refractivity contribution in [3.05, 3.63) is 42.5 Å². The second kappa shape index (κ2) is 7.66. The Morgan fingerprint density at radius 1 is 1.00 bits per heavy atom. The number of hydrogen-bond acceptors (Lipinski definition) is 4. The number of imide groups is 2. The SMILES string of the molecule is CCN(C(=O)CN1C(=O)C(=O)N(C2CCCC2)C1=O)c1cccc2ccccc12. The van der Waals surface area contributed by atoms with Gasteiger partial charge in [0.15, 0.2) is 0 Å². The number of hydrogen-bond donors (Lipinski definition) is 0. The summed E-state index contributed by atoms with van der Waals surface area (Å²) in [6.45, 7) is 1.77. The standard InChI is InChI=1S/C22H23N3O4/c1-2-23(18-13-7-9-15-8-3-6-12-17(15)18)19(26)14-24-20(27)21(28)25(22(24)29)16-10-4-5-11-16/h3,6-9,12-13,16H,2,4-5,10-11,14H2,1H3. The van der Waals surface area contributed by atoms with Gasteiger partial charge in [0.05, 0.1) is 5.69 Å². The molecule has 7 nitrogen and oxygen atoms in total. The van der Waals surface area contributed by atoms with Gasteiger partial charge in [-0.15, -0.1) is 0 Å². The summed E-state index contributed by atoms with van der Waals surface area (Å²) in [5.41, 5.74) is 0.716. The minimum absolute atomic E-state index is 0.237. The fourth-order valence-electron chi connectivity index (χ4n) is 4.29. The van der Waals surface area contributed by atoms with E-state index in [9.17, 15) is 19.2 Å². The number of amides is 5. The molecule has 1 aliphatic heterocycles. The molecule has 1 saturated carbocycles. The maximum Gasteiger partial charge on any atom is 0.334 e. The summed E-state index contributed by atoms with van der Waals surface area (Å²) in [6, 6.07) is 12.5. The quantitative estimate of drug-likeness (QED) is 0.578. The smallest absolute Gasteiger partial charge is 0.311 e. The van der Waals surface area contributed by atoms with Gasteiger partial charge in [0.1, 0.15) is 6.54 Å². The monoisotopic (exact) mass is 393 g/mol. The predicted octanol–water partition coefficient (Wildman–Crippen LogP) is 2.93. The van der Waals surface area contributed by atoms with Crippen LogP contribution in [0.3, 0.4) is 0 Å². The fourth-order valence-corrected chi connectivity index (χ4v) is 4.29. The lowest BCUT2D eigenvalue weighted by atomic mass is 10.1. The van der Waals surface area contributed by atoms with Crippen LogP contribution in [0, 0.1) is 0 Å². The second-order valence-corrected chi connectivity index (χ2v) is 7.42. The Balaban J connectivity index is 1.58. The zero-order valence-electron chi connectivity index (χ0n) is 16.3. The van der Waals surface area contributed by atoms with Gasteiger partial charge >= 0.3 is 17.8 Å². The van der Waals surface area contributed by atoms with Crippen molar-refractivity contribution in [1.29, 1.82) is 0 Å². The highest BCUT2D eigenvalue weighted by Gasteiger charge is 2.48. The summed E-state index contributed by atoms with van der Waals surface area (Å²) in [6.07, 6.45) is 3.28. The largest absolute Gasteiger partial charge is 0.334 e. The van der Waals surface area contributed by atoms with Gasteiger partial charge in [-0.1, -0.05) is 49.2 Å². The van der Waals surface area contributed by atoms with E-state index in [1.807, 2.05) is 49.4 Å². The molecule has 150 valence electrons. The average Bonchev–Trinajstić information content (AvgIpc) is 3.32. The minimum Gasteiger partial charge on any atom is -0.311 e. The maximum atomic E-state index is 13.1. The Hall–Kier alpha value is -3.22. The van der Waals surface area contributed by atoms with Crippen LogP contribution >= 0.6 is 0 Å². The van der Waals surface area contributed by atoms with Crippen LogP contribution in [0.4, 0.5) is 10.5 Å². The van der Waals surface area contributed by atoms with E-state index >= 15 is 0 Å². The molecule has 29 heavy (non-hydrogen) atoms. The molecule has 0 unspecified atom stereocenters. The van der Waals surface area contributed by atoms with Crippen LogP contribution in [0.25, 0.3) is 10.8 Å². The molecule has 0 atom stereocenters. The first-order chi connectivity index (χ1) is 14.0. The Kier molecular flexibility index (Phi) is 5.05. The van der Waals surface area contributed by atoms with E-state index in [4.69, 9.17) is 0 Å². The molecule has 5 amide bonds. The lowest BCUT2D eigenvalue weighted by molar-refractivity contribution is -0.144. The molecule has 0 radical (unpaired) electrons. The number of benzene rings is 2. The topological polar surface area (TPSA) is 78.0 Å². The molecule has 2 fully saturated rings. The molecule has 0 spiro atoms. The predicted molar refractivity (Wildman–Crippen MR) is 108 cm³/mol. The normalized spacial score (nSPS) is 17.6. The van der Waals surface area contributed by atoms with E-state index in [1.165, 1.54) is 0 Å². The van der Waals surface area contributed by atoms with E-state index in [2.05, 4.69) is 0 Å². The van der Waals surface area contributed by atoms with Crippen molar-refractivity contribution in [3.8, 4) is 0 Å². The van der Waals surface area contributed by atoms with Crippen LogP contribution in [0.2, 0.25) is 0 Å². The molecule has 0 aromatic heterocycles. The van der Waals surface area contributed by atoms with Crippen LogP contribution in [-0.4, -0.2) is 52.7 Å². The number of rotatable bonds is 5. The van der Waals surface area contributed by atoms with E-state index in [-0.39, 0.29) is 6.04 Å². The van der Waals surface area contributed by atoms with E-state index in [1.54, 1.807) is 4.90 Å². The van der Waals surface area contributed by atoms with E-state index in [0.29, 0.717) is 25.1 Å². The van der Waals surface area contributed by atoms with Gasteiger partial charge in [-0.05, 0) is 31.2 Å². The van der Waals surface area contributed by atoms with Crippen LogP contribution in [0.5, 0.6) is 0 Å². The number of carbonyl (C=O) groups is 4. The van der Waals surface area contributed by atoms with Gasteiger partial charge in [0.2, 0.25) is 5.91 Å². The molecular formula is C22H23N3O4. The molecule has 2 aromatic carbocycles. The van der Waals surface area contributed by atoms with Gasteiger partial charge in [-0.3, -0.25) is 19.3 Å². The molecule has 0 bridgehead atoms. The summed E-state index contributed by atoms with van der Waals surface area (Å²) < 4.78 is 0. The lowest BCUT2D eigenvalue weighted by Gasteiger charge is -2.25. The van der Waals surface area contributed by atoms with Crippen molar-refractivity contribution in [2.24, 2.45) is 0 Å². The van der Waals surface area contributed by atoms with Gasteiger partial charge < -0.3 is 4.90 Å². The van der Waals surface area contributed by atoms with Crippen LogP contribution < -0.4 is 4.90 Å². The van der Waals surface area contributed by atoms with E-state index < -0.39 is 30.3 Å². The molecule has 1 aliphatic carbocycles. The number of likely N-dealkylation sites (N-methyl/N-ethyl adjacent to an activating group) is 1. The summed E-state index contributed by atoms with van der Waals surface area (Å²) in [4.78, 5) is 54.0. The summed E-state index contributed by atoms with van der Waals surface area (Å²) in [7, 11) is 0. The third kappa shape index (κ3) is 3.26. The van der Waals surface area contributed by atoms with Crippen molar-refractivity contribution in [3.63, 3.8) is 0 Å². The van der Waals surface area contributed by atoms with Crippen molar-refractivity contribution in [1.82, 2.24) is 9.80 Å². The average molecular weight is 393 g/mol. The van der Waals surface area contributed by atoms with Gasteiger partial charge in [0, 0.05) is 18.0 Å². The van der Waals surface area contributed by atoms with Crippen LogP contribution in [0.1, 0.15) is 32.6 Å². The van der Waals surface area contributed by atoms with Gasteiger partial charge in [-0.25, -0.2) is 9.69 Å². The highest BCUT2D eigenvalue weighted by molar-refractivity contribution is 6.45. The Morgan fingerprint density at radius 2 is 1.69 bits per heavy atom. The molecule has 2 aromatic rings. The molecule has 2 aliphatic rings. The Morgan fingerprint density at radius 3 is 2.41 bits per heavy atom. The maximum absolute atomic E-state index is 13.1. The second-order valence-electron chi connectivity index (χ2n) is 7.42. The number of fused-ring (bicyclic) bond motifs is 1.